The highest BCUT2D eigenvalue weighted by atomic mass is 35.5. The predicted octanol–water partition coefficient (Wildman–Crippen LogP) is 4.33. The van der Waals surface area contributed by atoms with E-state index < -0.39 is 5.82 Å². The first kappa shape index (κ1) is 19.0. The van der Waals surface area contributed by atoms with Crippen molar-refractivity contribution in [2.24, 2.45) is 0 Å². The second-order valence-electron chi connectivity index (χ2n) is 6.20. The second kappa shape index (κ2) is 9.21. The Labute approximate surface area is 158 Å². The van der Waals surface area contributed by atoms with Crippen LogP contribution in [0, 0.1) is 5.82 Å². The average molecular weight is 380 g/mol. The minimum Gasteiger partial charge on any atom is -0.497 e. The van der Waals surface area contributed by atoms with Gasteiger partial charge in [-0.1, -0.05) is 23.7 Å². The molecule has 0 saturated carbocycles. The first-order valence-corrected chi connectivity index (χ1v) is 9.09. The van der Waals surface area contributed by atoms with E-state index >= 15 is 0 Å². The van der Waals surface area contributed by atoms with Crippen LogP contribution < -0.4 is 9.47 Å². The normalized spacial score (nSPS) is 16.3. The lowest BCUT2D eigenvalue weighted by Crippen LogP contribution is -2.37. The molecule has 0 bridgehead atoms. The maximum absolute atomic E-state index is 13.4. The van der Waals surface area contributed by atoms with Crippen molar-refractivity contribution in [3.63, 3.8) is 0 Å². The Hall–Kier alpha value is -1.82. The maximum atomic E-state index is 13.4. The van der Waals surface area contributed by atoms with E-state index in [2.05, 4.69) is 4.90 Å². The molecule has 0 aliphatic carbocycles. The number of ether oxygens (including phenoxy) is 3. The first-order chi connectivity index (χ1) is 12.7. The standard InChI is InChI=1S/C20H23ClFNO3/c1-24-16-4-2-15(3-5-16)20(8-9-23-10-12-25-13-11-23)26-17-6-7-19(22)18(21)14-17/h2-7,14,20H,8-13H2,1H3. The van der Waals surface area contributed by atoms with Gasteiger partial charge in [-0.15, -0.1) is 0 Å². The van der Waals surface area contributed by atoms with Gasteiger partial charge in [0.1, 0.15) is 23.4 Å². The number of hydrogen-bond acceptors (Lipinski definition) is 4. The quantitative estimate of drug-likeness (QED) is 0.716. The highest BCUT2D eigenvalue weighted by Gasteiger charge is 2.18. The van der Waals surface area contributed by atoms with E-state index in [1.807, 2.05) is 24.3 Å². The molecule has 1 heterocycles. The number of morpholine rings is 1. The van der Waals surface area contributed by atoms with Crippen LogP contribution in [0.1, 0.15) is 18.1 Å². The molecule has 26 heavy (non-hydrogen) atoms. The van der Waals surface area contributed by atoms with Gasteiger partial charge in [-0.05, 0) is 29.8 Å². The third-order valence-electron chi connectivity index (χ3n) is 4.47. The predicted molar refractivity (Wildman–Crippen MR) is 99.6 cm³/mol. The largest absolute Gasteiger partial charge is 0.497 e. The lowest BCUT2D eigenvalue weighted by molar-refractivity contribution is 0.0317. The van der Waals surface area contributed by atoms with Gasteiger partial charge in [0.25, 0.3) is 0 Å². The smallest absolute Gasteiger partial charge is 0.142 e. The molecular formula is C20H23ClFNO3. The number of benzene rings is 2. The zero-order valence-corrected chi connectivity index (χ0v) is 15.5. The summed E-state index contributed by atoms with van der Waals surface area (Å²) < 4.78 is 30.2. The van der Waals surface area contributed by atoms with Gasteiger partial charge in [0.15, 0.2) is 0 Å². The fraction of sp³-hybridized carbons (Fsp3) is 0.400. The lowest BCUT2D eigenvalue weighted by atomic mass is 10.1. The number of methoxy groups -OCH3 is 1. The summed E-state index contributed by atoms with van der Waals surface area (Å²) in [6.45, 7) is 4.29. The molecule has 2 aromatic rings. The minimum absolute atomic E-state index is 0.0594. The van der Waals surface area contributed by atoms with Crippen LogP contribution in [-0.2, 0) is 4.74 Å². The van der Waals surface area contributed by atoms with Crippen LogP contribution >= 0.6 is 11.6 Å². The highest BCUT2D eigenvalue weighted by Crippen LogP contribution is 2.29. The van der Waals surface area contributed by atoms with Crippen LogP contribution in [0.2, 0.25) is 5.02 Å². The van der Waals surface area contributed by atoms with Crippen molar-refractivity contribution in [3.8, 4) is 11.5 Å². The van der Waals surface area contributed by atoms with Gasteiger partial charge < -0.3 is 14.2 Å². The van der Waals surface area contributed by atoms with Crippen LogP contribution in [0.4, 0.5) is 4.39 Å². The van der Waals surface area contributed by atoms with E-state index in [1.54, 1.807) is 13.2 Å². The minimum atomic E-state index is -0.451. The molecule has 1 aliphatic rings. The average Bonchev–Trinajstić information content (AvgIpc) is 2.69. The van der Waals surface area contributed by atoms with Crippen molar-refractivity contribution in [2.75, 3.05) is 40.0 Å². The monoisotopic (exact) mass is 379 g/mol. The number of rotatable bonds is 7. The Kier molecular flexibility index (Phi) is 6.72. The third-order valence-corrected chi connectivity index (χ3v) is 4.76. The molecule has 0 N–H and O–H groups in total. The fourth-order valence-corrected chi connectivity index (χ4v) is 3.12. The van der Waals surface area contributed by atoms with Crippen molar-refractivity contribution in [2.45, 2.75) is 12.5 Å². The number of hydrogen-bond donors (Lipinski definition) is 0. The van der Waals surface area contributed by atoms with Crippen LogP contribution in [-0.4, -0.2) is 44.9 Å². The van der Waals surface area contributed by atoms with E-state index in [-0.39, 0.29) is 11.1 Å². The molecule has 2 aromatic carbocycles. The zero-order valence-electron chi connectivity index (χ0n) is 14.8. The second-order valence-corrected chi connectivity index (χ2v) is 6.61. The summed E-state index contributed by atoms with van der Waals surface area (Å²) >= 11 is 5.89. The highest BCUT2D eigenvalue weighted by molar-refractivity contribution is 6.30. The van der Waals surface area contributed by atoms with Gasteiger partial charge in [0, 0.05) is 32.1 Å². The van der Waals surface area contributed by atoms with Gasteiger partial charge in [0.05, 0.1) is 25.3 Å². The molecule has 1 atom stereocenters. The van der Waals surface area contributed by atoms with Crippen molar-refractivity contribution >= 4 is 11.6 Å². The SMILES string of the molecule is COc1ccc(C(CCN2CCOCC2)Oc2ccc(F)c(Cl)c2)cc1. The van der Waals surface area contributed by atoms with Crippen molar-refractivity contribution < 1.29 is 18.6 Å². The summed E-state index contributed by atoms with van der Waals surface area (Å²) in [5.74, 6) is 0.901. The molecular weight excluding hydrogens is 357 g/mol. The lowest BCUT2D eigenvalue weighted by Gasteiger charge is -2.28. The maximum Gasteiger partial charge on any atom is 0.142 e. The summed E-state index contributed by atoms with van der Waals surface area (Å²) in [4.78, 5) is 2.36. The van der Waals surface area contributed by atoms with Crippen LogP contribution in [0.15, 0.2) is 42.5 Å². The molecule has 6 heteroatoms. The van der Waals surface area contributed by atoms with E-state index in [0.717, 1.165) is 50.6 Å². The van der Waals surface area contributed by atoms with Crippen LogP contribution in [0.25, 0.3) is 0 Å². The molecule has 4 nitrogen and oxygen atoms in total. The summed E-state index contributed by atoms with van der Waals surface area (Å²) in [6, 6.07) is 12.3. The van der Waals surface area contributed by atoms with E-state index in [4.69, 9.17) is 25.8 Å². The molecule has 0 amide bonds. The van der Waals surface area contributed by atoms with E-state index in [0.29, 0.717) is 5.75 Å². The molecule has 0 aromatic heterocycles. The van der Waals surface area contributed by atoms with E-state index in [9.17, 15) is 4.39 Å². The van der Waals surface area contributed by atoms with Crippen LogP contribution in [0.3, 0.4) is 0 Å². The topological polar surface area (TPSA) is 30.9 Å². The summed E-state index contributed by atoms with van der Waals surface area (Å²) in [5, 5.41) is 0.0594. The van der Waals surface area contributed by atoms with Crippen molar-refractivity contribution in [1.82, 2.24) is 4.90 Å². The van der Waals surface area contributed by atoms with Gasteiger partial charge >= 0.3 is 0 Å². The molecule has 3 rings (SSSR count). The summed E-state index contributed by atoms with van der Waals surface area (Å²) in [7, 11) is 1.64. The van der Waals surface area contributed by atoms with Gasteiger partial charge in [0.2, 0.25) is 0 Å². The van der Waals surface area contributed by atoms with Gasteiger partial charge in [-0.25, -0.2) is 4.39 Å². The summed E-state index contributed by atoms with van der Waals surface area (Å²) in [6.07, 6.45) is 0.645. The number of halogens is 2. The van der Waals surface area contributed by atoms with Gasteiger partial charge in [-0.3, -0.25) is 4.90 Å². The fourth-order valence-electron chi connectivity index (χ4n) is 2.95. The Morgan fingerprint density at radius 2 is 1.81 bits per heavy atom. The molecule has 1 unspecified atom stereocenters. The van der Waals surface area contributed by atoms with Crippen LogP contribution in [0.5, 0.6) is 11.5 Å². The molecule has 1 saturated heterocycles. The Bertz CT molecular complexity index is 705. The molecule has 1 fully saturated rings. The Morgan fingerprint density at radius 1 is 1.12 bits per heavy atom. The first-order valence-electron chi connectivity index (χ1n) is 8.71. The summed E-state index contributed by atoms with van der Waals surface area (Å²) in [5.41, 5.74) is 1.04. The van der Waals surface area contributed by atoms with Crippen molar-refractivity contribution in [3.05, 3.63) is 58.9 Å². The Morgan fingerprint density at radius 3 is 2.46 bits per heavy atom. The Balaban J connectivity index is 1.73. The third kappa shape index (κ3) is 5.10. The molecule has 140 valence electrons. The van der Waals surface area contributed by atoms with E-state index in [1.165, 1.54) is 12.1 Å². The molecule has 0 spiro atoms. The zero-order chi connectivity index (χ0) is 18.4. The molecule has 0 radical (unpaired) electrons. The molecule has 1 aliphatic heterocycles. The van der Waals surface area contributed by atoms with Crippen molar-refractivity contribution in [1.29, 1.82) is 0 Å². The number of nitrogens with zero attached hydrogens (tertiary/aromatic N) is 1. The van der Waals surface area contributed by atoms with Gasteiger partial charge in [-0.2, -0.15) is 0 Å².